The van der Waals surface area contributed by atoms with Crippen LogP contribution in [0.5, 0.6) is 0 Å². The Morgan fingerprint density at radius 1 is 1.33 bits per heavy atom. The summed E-state index contributed by atoms with van der Waals surface area (Å²) in [6, 6.07) is 3.36. The van der Waals surface area contributed by atoms with Crippen molar-refractivity contribution in [1.82, 2.24) is 5.32 Å². The number of nitrogens with one attached hydrogen (secondary N) is 1. The molecule has 1 aromatic carbocycles. The highest BCUT2D eigenvalue weighted by Crippen LogP contribution is 2.35. The van der Waals surface area contributed by atoms with Gasteiger partial charge in [-0.15, -0.1) is 0 Å². The van der Waals surface area contributed by atoms with Crippen LogP contribution in [0, 0.1) is 20.2 Å². The third-order valence-corrected chi connectivity index (χ3v) is 2.52. The zero-order valence-electron chi connectivity index (χ0n) is 11.0. The highest BCUT2D eigenvalue weighted by atomic mass is 16.6. The molecule has 0 spiro atoms. The minimum atomic E-state index is -1.20. The molecule has 0 bridgehead atoms. The van der Waals surface area contributed by atoms with Crippen molar-refractivity contribution in [3.05, 3.63) is 44.0 Å². The number of carbonyl (C=O) groups excluding carboxylic acids is 1. The zero-order chi connectivity index (χ0) is 16.0. The molecular formula is C11H13N3O7. The van der Waals surface area contributed by atoms with E-state index in [1.54, 1.807) is 0 Å². The second-order valence-electron chi connectivity index (χ2n) is 3.92. The second kappa shape index (κ2) is 7.14. The van der Waals surface area contributed by atoms with Crippen molar-refractivity contribution in [2.24, 2.45) is 0 Å². The Bertz CT molecular complexity index is 528. The molecule has 0 fully saturated rings. The summed E-state index contributed by atoms with van der Waals surface area (Å²) in [5.41, 5.74) is -1.31. The van der Waals surface area contributed by atoms with E-state index in [-0.39, 0.29) is 18.7 Å². The normalized spacial score (nSPS) is 11.5. The number of ether oxygens (including phenoxy) is 1. The number of alkyl carbamates (subject to hydrolysis) is 1. The molecule has 10 heteroatoms. The van der Waals surface area contributed by atoms with Gasteiger partial charge in [0, 0.05) is 18.7 Å². The Hall–Kier alpha value is -2.75. The third-order valence-electron chi connectivity index (χ3n) is 2.52. The van der Waals surface area contributed by atoms with Gasteiger partial charge in [0.25, 0.3) is 11.4 Å². The van der Waals surface area contributed by atoms with Gasteiger partial charge in [-0.3, -0.25) is 20.2 Å². The van der Waals surface area contributed by atoms with E-state index in [1.165, 1.54) is 13.0 Å². The Morgan fingerprint density at radius 2 is 1.86 bits per heavy atom. The number of aliphatic hydroxyl groups excluding tert-OH is 1. The van der Waals surface area contributed by atoms with Crippen LogP contribution in [0.2, 0.25) is 0 Å². The van der Waals surface area contributed by atoms with Crippen LogP contribution in [0.25, 0.3) is 0 Å². The number of carbonyl (C=O) groups is 1. The molecule has 1 atom stereocenters. The summed E-state index contributed by atoms with van der Waals surface area (Å²) in [6.07, 6.45) is -2.14. The lowest BCUT2D eigenvalue weighted by atomic mass is 10.1. The number of nitro benzene ring substituents is 2. The standard InChI is InChI=1S/C11H13N3O7/c1-7(21-11(16)12-5-6-15)10-8(13(17)18)3-2-4-9(10)14(19)20/h2-4,7,15H,5-6H2,1H3,(H,12,16). The molecule has 21 heavy (non-hydrogen) atoms. The number of aliphatic hydroxyl groups is 1. The van der Waals surface area contributed by atoms with Gasteiger partial charge in [-0.25, -0.2) is 4.79 Å². The topological polar surface area (TPSA) is 145 Å². The number of amides is 1. The van der Waals surface area contributed by atoms with Crippen molar-refractivity contribution in [3.8, 4) is 0 Å². The van der Waals surface area contributed by atoms with E-state index in [0.29, 0.717) is 0 Å². The van der Waals surface area contributed by atoms with Crippen LogP contribution >= 0.6 is 0 Å². The van der Waals surface area contributed by atoms with E-state index < -0.39 is 33.4 Å². The van der Waals surface area contributed by atoms with Gasteiger partial charge in [-0.1, -0.05) is 0 Å². The number of hydrogen-bond donors (Lipinski definition) is 2. The molecule has 114 valence electrons. The minimum absolute atomic E-state index is 0.0650. The van der Waals surface area contributed by atoms with Crippen LogP contribution in [-0.4, -0.2) is 34.2 Å². The molecule has 2 N–H and O–H groups in total. The lowest BCUT2D eigenvalue weighted by molar-refractivity contribution is -0.396. The molecule has 1 unspecified atom stereocenters. The Morgan fingerprint density at radius 3 is 2.29 bits per heavy atom. The monoisotopic (exact) mass is 299 g/mol. The first-order valence-electron chi connectivity index (χ1n) is 5.85. The molecule has 0 heterocycles. The van der Waals surface area contributed by atoms with Gasteiger partial charge in [0.15, 0.2) is 0 Å². The fraction of sp³-hybridized carbons (Fsp3) is 0.364. The maximum absolute atomic E-state index is 11.4. The zero-order valence-corrected chi connectivity index (χ0v) is 11.0. The van der Waals surface area contributed by atoms with Gasteiger partial charge in [-0.05, 0) is 13.0 Å². The first kappa shape index (κ1) is 16.3. The molecule has 1 rings (SSSR count). The molecular weight excluding hydrogens is 286 g/mol. The average Bonchev–Trinajstić information content (AvgIpc) is 2.43. The van der Waals surface area contributed by atoms with E-state index in [1.807, 2.05) is 0 Å². The molecule has 0 saturated heterocycles. The van der Waals surface area contributed by atoms with Gasteiger partial charge >= 0.3 is 6.09 Å². The van der Waals surface area contributed by atoms with Crippen molar-refractivity contribution < 1.29 is 24.5 Å². The van der Waals surface area contributed by atoms with Crippen molar-refractivity contribution in [2.45, 2.75) is 13.0 Å². The Kier molecular flexibility index (Phi) is 5.55. The number of benzene rings is 1. The summed E-state index contributed by atoms with van der Waals surface area (Å²) in [5.74, 6) is 0. The molecule has 0 aliphatic rings. The highest BCUT2D eigenvalue weighted by molar-refractivity contribution is 5.68. The van der Waals surface area contributed by atoms with Crippen LogP contribution in [-0.2, 0) is 4.74 Å². The third kappa shape index (κ3) is 4.11. The molecule has 0 aliphatic carbocycles. The van der Waals surface area contributed by atoms with E-state index in [4.69, 9.17) is 9.84 Å². The summed E-state index contributed by atoms with van der Waals surface area (Å²) in [5, 5.41) is 32.6. The number of rotatable bonds is 6. The van der Waals surface area contributed by atoms with Crippen LogP contribution in [0.1, 0.15) is 18.6 Å². The molecule has 1 amide bonds. The van der Waals surface area contributed by atoms with Gasteiger partial charge in [-0.2, -0.15) is 0 Å². The summed E-state index contributed by atoms with van der Waals surface area (Å²) in [6.45, 7) is 0.910. The quantitative estimate of drug-likeness (QED) is 0.594. The van der Waals surface area contributed by atoms with Gasteiger partial charge in [0.1, 0.15) is 11.7 Å². The maximum atomic E-state index is 11.4. The molecule has 1 aromatic rings. The summed E-state index contributed by atoms with van der Waals surface area (Å²) >= 11 is 0. The number of nitrogens with zero attached hydrogens (tertiary/aromatic N) is 2. The summed E-state index contributed by atoms with van der Waals surface area (Å²) in [7, 11) is 0. The number of nitro groups is 2. The molecule has 0 aliphatic heterocycles. The summed E-state index contributed by atoms with van der Waals surface area (Å²) in [4.78, 5) is 31.7. The maximum Gasteiger partial charge on any atom is 0.407 e. The molecule has 0 radical (unpaired) electrons. The van der Waals surface area contributed by atoms with Gasteiger partial charge in [0.2, 0.25) is 0 Å². The predicted molar refractivity (Wildman–Crippen MR) is 69.7 cm³/mol. The van der Waals surface area contributed by atoms with E-state index in [2.05, 4.69) is 5.32 Å². The van der Waals surface area contributed by atoms with Crippen molar-refractivity contribution in [2.75, 3.05) is 13.2 Å². The van der Waals surface area contributed by atoms with Gasteiger partial charge < -0.3 is 15.2 Å². The highest BCUT2D eigenvalue weighted by Gasteiger charge is 2.31. The van der Waals surface area contributed by atoms with Crippen LogP contribution in [0.4, 0.5) is 16.2 Å². The van der Waals surface area contributed by atoms with Crippen LogP contribution in [0.15, 0.2) is 18.2 Å². The second-order valence-corrected chi connectivity index (χ2v) is 3.92. The fourth-order valence-electron chi connectivity index (χ4n) is 1.70. The number of hydrogen-bond acceptors (Lipinski definition) is 7. The average molecular weight is 299 g/mol. The van der Waals surface area contributed by atoms with Crippen molar-refractivity contribution in [3.63, 3.8) is 0 Å². The van der Waals surface area contributed by atoms with E-state index in [0.717, 1.165) is 12.1 Å². The Balaban J connectivity index is 3.11. The van der Waals surface area contributed by atoms with Crippen molar-refractivity contribution in [1.29, 1.82) is 0 Å². The molecule has 10 nitrogen and oxygen atoms in total. The predicted octanol–water partition coefficient (Wildman–Crippen LogP) is 1.28. The van der Waals surface area contributed by atoms with E-state index >= 15 is 0 Å². The fourth-order valence-corrected chi connectivity index (χ4v) is 1.70. The lowest BCUT2D eigenvalue weighted by Crippen LogP contribution is -2.28. The van der Waals surface area contributed by atoms with E-state index in [9.17, 15) is 25.0 Å². The molecule has 0 aromatic heterocycles. The van der Waals surface area contributed by atoms with Crippen LogP contribution < -0.4 is 5.32 Å². The first-order chi connectivity index (χ1) is 9.88. The van der Waals surface area contributed by atoms with Crippen LogP contribution in [0.3, 0.4) is 0 Å². The smallest absolute Gasteiger partial charge is 0.407 e. The van der Waals surface area contributed by atoms with Gasteiger partial charge in [0.05, 0.1) is 16.5 Å². The Labute approximate surface area is 118 Å². The summed E-state index contributed by atoms with van der Waals surface area (Å²) < 4.78 is 4.85. The van der Waals surface area contributed by atoms with Crippen molar-refractivity contribution >= 4 is 17.5 Å². The SMILES string of the molecule is CC(OC(=O)NCCO)c1c([N+](=O)[O-])cccc1[N+](=O)[O-]. The molecule has 0 saturated carbocycles. The lowest BCUT2D eigenvalue weighted by Gasteiger charge is -2.14. The first-order valence-corrected chi connectivity index (χ1v) is 5.85. The largest absolute Gasteiger partial charge is 0.441 e. The minimum Gasteiger partial charge on any atom is -0.441 e.